The van der Waals surface area contributed by atoms with Crippen LogP contribution in [0.4, 0.5) is 0 Å². The molecule has 0 saturated heterocycles. The molecule has 1 fully saturated rings. The van der Waals surface area contributed by atoms with Gasteiger partial charge in [-0.25, -0.2) is 0 Å². The Bertz CT molecular complexity index is 394. The highest BCUT2D eigenvalue weighted by Crippen LogP contribution is 2.30. The molecule has 94 valence electrons. The fourth-order valence-electron chi connectivity index (χ4n) is 2.42. The summed E-state index contributed by atoms with van der Waals surface area (Å²) in [5.41, 5.74) is 3.88. The van der Waals surface area contributed by atoms with E-state index in [0.29, 0.717) is 12.1 Å². The number of nitrogens with one attached hydrogen (secondary N) is 1. The Morgan fingerprint density at radius 3 is 2.59 bits per heavy atom. The Labute approximate surface area is 104 Å². The minimum atomic E-state index is 0.402. The maximum Gasteiger partial charge on any atom is 0.123 e. The molecular formula is C15H23NO. The Morgan fingerprint density at radius 1 is 1.24 bits per heavy atom. The predicted molar refractivity (Wildman–Crippen MR) is 71.8 cm³/mol. The zero-order chi connectivity index (χ0) is 12.4. The van der Waals surface area contributed by atoms with E-state index in [9.17, 15) is 0 Å². The largest absolute Gasteiger partial charge is 0.490 e. The summed E-state index contributed by atoms with van der Waals surface area (Å²) in [6, 6.07) is 5.03. The molecule has 1 N–H and O–H groups in total. The molecule has 0 unspecified atom stereocenters. The Morgan fingerprint density at radius 2 is 1.94 bits per heavy atom. The minimum Gasteiger partial charge on any atom is -0.490 e. The standard InChI is InChI=1S/C15H23NO/c1-5-16-13-8-14(9-13)17-15-7-10(2)6-11(3)12(15)4/h6-7,13-14,16H,5,8-9H2,1-4H3. The van der Waals surface area contributed by atoms with E-state index in [1.807, 2.05) is 0 Å². The number of hydrogen-bond donors (Lipinski definition) is 1. The Hall–Kier alpha value is -1.02. The average Bonchev–Trinajstić information content (AvgIpc) is 2.22. The second-order valence-electron chi connectivity index (χ2n) is 5.17. The van der Waals surface area contributed by atoms with Crippen LogP contribution in [0.5, 0.6) is 5.75 Å². The van der Waals surface area contributed by atoms with Gasteiger partial charge < -0.3 is 10.1 Å². The first-order valence-electron chi connectivity index (χ1n) is 6.58. The third kappa shape index (κ3) is 2.81. The highest BCUT2D eigenvalue weighted by molar-refractivity contribution is 5.42. The van der Waals surface area contributed by atoms with Crippen LogP contribution >= 0.6 is 0 Å². The molecule has 1 saturated carbocycles. The molecule has 17 heavy (non-hydrogen) atoms. The Balaban J connectivity index is 1.96. The summed E-state index contributed by atoms with van der Waals surface area (Å²) >= 11 is 0. The van der Waals surface area contributed by atoms with Crippen molar-refractivity contribution in [3.63, 3.8) is 0 Å². The van der Waals surface area contributed by atoms with Crippen molar-refractivity contribution >= 4 is 0 Å². The van der Waals surface area contributed by atoms with Gasteiger partial charge in [0.25, 0.3) is 0 Å². The van der Waals surface area contributed by atoms with E-state index in [1.54, 1.807) is 0 Å². The normalized spacial score (nSPS) is 23.3. The average molecular weight is 233 g/mol. The molecule has 1 aliphatic carbocycles. The van der Waals surface area contributed by atoms with Crippen LogP contribution in [-0.2, 0) is 0 Å². The van der Waals surface area contributed by atoms with Crippen LogP contribution in [-0.4, -0.2) is 18.7 Å². The van der Waals surface area contributed by atoms with Gasteiger partial charge in [0.1, 0.15) is 11.9 Å². The van der Waals surface area contributed by atoms with Crippen LogP contribution in [0.15, 0.2) is 12.1 Å². The quantitative estimate of drug-likeness (QED) is 0.862. The lowest BCUT2D eigenvalue weighted by Crippen LogP contribution is -2.46. The summed E-state index contributed by atoms with van der Waals surface area (Å²) in [7, 11) is 0. The predicted octanol–water partition coefficient (Wildman–Crippen LogP) is 3.13. The fourth-order valence-corrected chi connectivity index (χ4v) is 2.42. The maximum atomic E-state index is 6.08. The van der Waals surface area contributed by atoms with Crippen molar-refractivity contribution in [1.29, 1.82) is 0 Å². The van der Waals surface area contributed by atoms with Gasteiger partial charge in [-0.05, 0) is 62.9 Å². The van der Waals surface area contributed by atoms with Gasteiger partial charge in [0, 0.05) is 6.04 Å². The van der Waals surface area contributed by atoms with E-state index in [2.05, 4.69) is 45.1 Å². The molecular weight excluding hydrogens is 210 g/mol. The summed E-state index contributed by atoms with van der Waals surface area (Å²) in [6.07, 6.45) is 2.68. The molecule has 1 aromatic carbocycles. The van der Waals surface area contributed by atoms with Gasteiger partial charge in [-0.1, -0.05) is 13.0 Å². The van der Waals surface area contributed by atoms with Crippen molar-refractivity contribution in [1.82, 2.24) is 5.32 Å². The minimum absolute atomic E-state index is 0.402. The van der Waals surface area contributed by atoms with Crippen molar-refractivity contribution in [3.8, 4) is 5.75 Å². The molecule has 0 atom stereocenters. The van der Waals surface area contributed by atoms with Gasteiger partial charge in [0.15, 0.2) is 0 Å². The van der Waals surface area contributed by atoms with E-state index in [1.165, 1.54) is 16.7 Å². The molecule has 2 rings (SSSR count). The van der Waals surface area contributed by atoms with E-state index >= 15 is 0 Å². The zero-order valence-electron chi connectivity index (χ0n) is 11.3. The zero-order valence-corrected chi connectivity index (χ0v) is 11.3. The van der Waals surface area contributed by atoms with Gasteiger partial charge in [0.2, 0.25) is 0 Å². The highest BCUT2D eigenvalue weighted by atomic mass is 16.5. The van der Waals surface area contributed by atoms with Crippen molar-refractivity contribution in [2.45, 2.75) is 52.7 Å². The Kier molecular flexibility index (Phi) is 3.72. The van der Waals surface area contributed by atoms with Crippen molar-refractivity contribution in [2.24, 2.45) is 0 Å². The summed E-state index contributed by atoms with van der Waals surface area (Å²) in [5, 5.41) is 3.46. The summed E-state index contributed by atoms with van der Waals surface area (Å²) in [6.45, 7) is 9.63. The lowest BCUT2D eigenvalue weighted by Gasteiger charge is -2.36. The number of aryl methyl sites for hydroxylation is 2. The first kappa shape index (κ1) is 12.4. The lowest BCUT2D eigenvalue weighted by molar-refractivity contribution is 0.0851. The van der Waals surface area contributed by atoms with Crippen LogP contribution in [0.2, 0.25) is 0 Å². The molecule has 0 amide bonds. The van der Waals surface area contributed by atoms with Crippen LogP contribution in [0.1, 0.15) is 36.5 Å². The molecule has 1 aliphatic rings. The van der Waals surface area contributed by atoms with Gasteiger partial charge in [-0.2, -0.15) is 0 Å². The molecule has 0 spiro atoms. The first-order chi connectivity index (χ1) is 8.10. The second kappa shape index (κ2) is 5.09. The molecule has 0 aliphatic heterocycles. The van der Waals surface area contributed by atoms with Gasteiger partial charge >= 0.3 is 0 Å². The van der Waals surface area contributed by atoms with Gasteiger partial charge in [-0.3, -0.25) is 0 Å². The highest BCUT2D eigenvalue weighted by Gasteiger charge is 2.30. The molecule has 0 bridgehead atoms. The smallest absolute Gasteiger partial charge is 0.123 e. The van der Waals surface area contributed by atoms with Crippen LogP contribution in [0.25, 0.3) is 0 Å². The SMILES string of the molecule is CCNC1CC(Oc2cc(C)cc(C)c2C)C1. The molecule has 0 aromatic heterocycles. The second-order valence-corrected chi connectivity index (χ2v) is 5.17. The molecule has 2 nitrogen and oxygen atoms in total. The molecule has 1 aromatic rings. The van der Waals surface area contributed by atoms with Crippen LogP contribution in [0, 0.1) is 20.8 Å². The summed E-state index contributed by atoms with van der Waals surface area (Å²) < 4.78 is 6.08. The topological polar surface area (TPSA) is 21.3 Å². The van der Waals surface area contributed by atoms with Crippen molar-refractivity contribution < 1.29 is 4.74 Å². The van der Waals surface area contributed by atoms with Gasteiger partial charge in [0.05, 0.1) is 0 Å². The summed E-state index contributed by atoms with van der Waals surface area (Å²) in [4.78, 5) is 0. The van der Waals surface area contributed by atoms with E-state index in [0.717, 1.165) is 25.1 Å². The third-order valence-electron chi connectivity index (χ3n) is 3.65. The summed E-state index contributed by atoms with van der Waals surface area (Å²) in [5.74, 6) is 1.07. The first-order valence-corrected chi connectivity index (χ1v) is 6.58. The van der Waals surface area contributed by atoms with Crippen LogP contribution < -0.4 is 10.1 Å². The number of rotatable bonds is 4. The maximum absolute atomic E-state index is 6.08. The monoisotopic (exact) mass is 233 g/mol. The van der Waals surface area contributed by atoms with Crippen molar-refractivity contribution in [3.05, 3.63) is 28.8 Å². The molecule has 2 heteroatoms. The van der Waals surface area contributed by atoms with Gasteiger partial charge in [-0.15, -0.1) is 0 Å². The van der Waals surface area contributed by atoms with Crippen molar-refractivity contribution in [2.75, 3.05) is 6.54 Å². The molecule has 0 radical (unpaired) electrons. The molecule has 0 heterocycles. The van der Waals surface area contributed by atoms with E-state index in [4.69, 9.17) is 4.74 Å². The van der Waals surface area contributed by atoms with Crippen LogP contribution in [0.3, 0.4) is 0 Å². The lowest BCUT2D eigenvalue weighted by atomic mass is 9.89. The number of benzene rings is 1. The van der Waals surface area contributed by atoms with E-state index in [-0.39, 0.29) is 0 Å². The fraction of sp³-hybridized carbons (Fsp3) is 0.600. The number of ether oxygens (including phenoxy) is 1. The third-order valence-corrected chi connectivity index (χ3v) is 3.65. The number of hydrogen-bond acceptors (Lipinski definition) is 2. The van der Waals surface area contributed by atoms with E-state index < -0.39 is 0 Å².